The maximum absolute atomic E-state index is 15.7. The van der Waals surface area contributed by atoms with Gasteiger partial charge in [0.2, 0.25) is 5.43 Å². The Bertz CT molecular complexity index is 1340. The fourth-order valence-electron chi connectivity index (χ4n) is 5.41. The molecule has 3 fully saturated rings. The van der Waals surface area contributed by atoms with E-state index in [-0.39, 0.29) is 28.8 Å². The number of anilines is 1. The van der Waals surface area contributed by atoms with Crippen molar-refractivity contribution in [1.29, 1.82) is 0 Å². The molecule has 38 heavy (non-hydrogen) atoms. The third-order valence-corrected chi connectivity index (χ3v) is 8.53. The third-order valence-electron chi connectivity index (χ3n) is 7.30. The molecule has 0 bridgehead atoms. The van der Waals surface area contributed by atoms with Crippen LogP contribution in [0, 0.1) is 11.7 Å². The lowest BCUT2D eigenvalue weighted by Crippen LogP contribution is -2.40. The van der Waals surface area contributed by atoms with Crippen LogP contribution in [0.3, 0.4) is 0 Å². The Labute approximate surface area is 220 Å². The van der Waals surface area contributed by atoms with Gasteiger partial charge in [-0.25, -0.2) is 9.18 Å². The minimum absolute atomic E-state index is 0.00383. The van der Waals surface area contributed by atoms with Crippen LogP contribution in [0.1, 0.15) is 42.1 Å². The van der Waals surface area contributed by atoms with E-state index >= 15 is 4.39 Å². The number of hydrogen-bond donors (Lipinski definition) is 2. The number of carbonyl (C=O) groups excluding carboxylic acids is 2. The molecule has 1 saturated carbocycles. The smallest absolute Gasteiger partial charge is 0.344 e. The van der Waals surface area contributed by atoms with E-state index in [4.69, 9.17) is 9.47 Å². The lowest BCUT2D eigenvalue weighted by Gasteiger charge is -2.25. The number of pyridine rings is 1. The van der Waals surface area contributed by atoms with E-state index < -0.39 is 52.2 Å². The molecule has 5 rings (SSSR count). The summed E-state index contributed by atoms with van der Waals surface area (Å²) in [6.07, 6.45) is 5.15. The first-order valence-electron chi connectivity index (χ1n) is 12.4. The Balaban J connectivity index is 1.51. The fraction of sp³-hybridized carbons (Fsp3) is 0.542. The molecule has 0 spiro atoms. The van der Waals surface area contributed by atoms with E-state index in [1.165, 1.54) is 13.3 Å². The minimum Gasteiger partial charge on any atom is -0.492 e. The standard InChI is InChI=1S/C24H27FN4O7P2/c1-35-22-19-14(7-16(25)20(22)28-8-12-3-2-6-26-17(12)10-28)21(31)15(9-29(19)13-4-5-13)23(32)36-11-18(30)27-24(37-33)38-34/h7,9,12-13,17,24,26H,2-6,8,10-11H2,1H3,(H,27,30)/t12-,17+/m0/s1. The molecule has 1 amide bonds. The van der Waals surface area contributed by atoms with E-state index in [0.717, 1.165) is 38.3 Å². The summed E-state index contributed by atoms with van der Waals surface area (Å²) in [4.78, 5) is 40.1. The molecule has 0 radical (unpaired) electrons. The summed E-state index contributed by atoms with van der Waals surface area (Å²) in [5.41, 5.74) is -1.53. The van der Waals surface area contributed by atoms with Gasteiger partial charge in [-0.15, -0.1) is 0 Å². The Morgan fingerprint density at radius 1 is 1.24 bits per heavy atom. The summed E-state index contributed by atoms with van der Waals surface area (Å²) in [6.45, 7) is 1.46. The topological polar surface area (TPSA) is 136 Å². The van der Waals surface area contributed by atoms with Gasteiger partial charge in [-0.2, -0.15) is 0 Å². The van der Waals surface area contributed by atoms with E-state index in [1.807, 2.05) is 4.90 Å². The number of amides is 1. The van der Waals surface area contributed by atoms with Gasteiger partial charge in [0.05, 0.1) is 18.0 Å². The maximum Gasteiger partial charge on any atom is 0.344 e. The molecular weight excluding hydrogens is 537 g/mol. The lowest BCUT2D eigenvalue weighted by molar-refractivity contribution is -0.124. The highest BCUT2D eigenvalue weighted by molar-refractivity contribution is 7.44. The van der Waals surface area contributed by atoms with Gasteiger partial charge in [0.25, 0.3) is 5.91 Å². The first-order valence-corrected chi connectivity index (χ1v) is 14.2. The first-order chi connectivity index (χ1) is 18.4. The summed E-state index contributed by atoms with van der Waals surface area (Å²) >= 11 is 0. The number of halogens is 1. The van der Waals surface area contributed by atoms with Gasteiger partial charge in [-0.1, -0.05) is 0 Å². The van der Waals surface area contributed by atoms with Crippen LogP contribution in [0.5, 0.6) is 5.75 Å². The molecule has 14 heteroatoms. The largest absolute Gasteiger partial charge is 0.492 e. The van der Waals surface area contributed by atoms with Crippen molar-refractivity contribution in [2.75, 3.05) is 38.3 Å². The predicted octanol–water partition coefficient (Wildman–Crippen LogP) is 2.81. The van der Waals surface area contributed by atoms with E-state index in [9.17, 15) is 23.5 Å². The summed E-state index contributed by atoms with van der Waals surface area (Å²) in [5.74, 6) is -1.86. The zero-order valence-corrected chi connectivity index (χ0v) is 22.4. The Hall–Kier alpha value is -2.94. The Morgan fingerprint density at radius 2 is 2.00 bits per heavy atom. The number of piperidine rings is 1. The molecule has 11 nitrogen and oxygen atoms in total. The summed E-state index contributed by atoms with van der Waals surface area (Å²) < 4.78 is 49.9. The Morgan fingerprint density at radius 3 is 2.66 bits per heavy atom. The minimum atomic E-state index is -1.17. The van der Waals surface area contributed by atoms with Crippen LogP contribution in [-0.4, -0.2) is 61.4 Å². The summed E-state index contributed by atoms with van der Waals surface area (Å²) in [7, 11) is 0.298. The van der Waals surface area contributed by atoms with Gasteiger partial charge in [0, 0.05) is 31.4 Å². The SMILES string of the molecule is COc1c(N2C[C@@H]3CCCN[C@@H]3C2)c(F)cc2c(=O)c(C(=O)OCC(=O)NC(P=O)P=O)cn(C3CC3)c12. The number of fused-ring (bicyclic) bond motifs is 2. The average Bonchev–Trinajstić information content (AvgIpc) is 3.68. The van der Waals surface area contributed by atoms with Crippen LogP contribution in [0.2, 0.25) is 0 Å². The molecule has 0 unspecified atom stereocenters. The van der Waals surface area contributed by atoms with Gasteiger partial charge in [0.15, 0.2) is 40.6 Å². The first kappa shape index (κ1) is 26.7. The van der Waals surface area contributed by atoms with Gasteiger partial charge in [0.1, 0.15) is 11.3 Å². The molecule has 1 aliphatic carbocycles. The van der Waals surface area contributed by atoms with Gasteiger partial charge >= 0.3 is 5.97 Å². The molecule has 2 saturated heterocycles. The van der Waals surface area contributed by atoms with Crippen LogP contribution in [0.25, 0.3) is 10.9 Å². The zero-order chi connectivity index (χ0) is 27.0. The zero-order valence-electron chi connectivity index (χ0n) is 20.6. The summed E-state index contributed by atoms with van der Waals surface area (Å²) in [6, 6.07) is 1.41. The lowest BCUT2D eigenvalue weighted by atomic mass is 9.94. The molecule has 3 aliphatic rings. The van der Waals surface area contributed by atoms with Crippen LogP contribution in [0.4, 0.5) is 10.1 Å². The van der Waals surface area contributed by atoms with Crippen molar-refractivity contribution in [3.8, 4) is 5.75 Å². The molecule has 2 N–H and O–H groups in total. The normalized spacial score (nSPS) is 21.9. The van der Waals surface area contributed by atoms with E-state index in [0.29, 0.717) is 30.2 Å². The van der Waals surface area contributed by atoms with Crippen molar-refractivity contribution >= 4 is 45.4 Å². The fourth-order valence-corrected chi connectivity index (χ4v) is 5.96. The second-order valence-electron chi connectivity index (χ2n) is 9.74. The predicted molar refractivity (Wildman–Crippen MR) is 137 cm³/mol. The molecular formula is C24H27FN4O7P2. The van der Waals surface area contributed by atoms with E-state index in [2.05, 4.69) is 10.6 Å². The van der Waals surface area contributed by atoms with E-state index in [1.54, 1.807) is 4.57 Å². The van der Waals surface area contributed by atoms with Crippen molar-refractivity contribution in [2.24, 2.45) is 5.92 Å². The number of nitrogens with zero attached hydrogens (tertiary/aromatic N) is 2. The number of nitrogens with one attached hydrogen (secondary N) is 2. The highest BCUT2D eigenvalue weighted by atomic mass is 31.1. The highest BCUT2D eigenvalue weighted by Gasteiger charge is 2.38. The Kier molecular flexibility index (Phi) is 7.75. The molecule has 202 valence electrons. The van der Waals surface area contributed by atoms with Gasteiger partial charge in [-0.3, -0.25) is 18.7 Å². The van der Waals surface area contributed by atoms with Crippen LogP contribution in [0.15, 0.2) is 17.1 Å². The summed E-state index contributed by atoms with van der Waals surface area (Å²) in [5, 5.41) is 5.65. The van der Waals surface area contributed by atoms with Gasteiger partial charge in [-0.05, 0) is 44.2 Å². The highest BCUT2D eigenvalue weighted by Crippen LogP contribution is 2.45. The van der Waals surface area contributed by atoms with Crippen LogP contribution >= 0.6 is 16.9 Å². The number of benzene rings is 1. The molecule has 2 aromatic rings. The monoisotopic (exact) mass is 564 g/mol. The number of rotatable bonds is 9. The number of carbonyl (C=O) groups is 2. The van der Waals surface area contributed by atoms with Crippen molar-refractivity contribution < 1.29 is 32.6 Å². The number of aromatic nitrogens is 1. The van der Waals surface area contributed by atoms with Crippen molar-refractivity contribution in [3.63, 3.8) is 0 Å². The molecule has 2 aliphatic heterocycles. The van der Waals surface area contributed by atoms with Crippen molar-refractivity contribution in [1.82, 2.24) is 15.2 Å². The number of ether oxygens (including phenoxy) is 2. The molecule has 3 heterocycles. The van der Waals surface area contributed by atoms with Crippen LogP contribution < -0.4 is 25.7 Å². The third kappa shape index (κ3) is 5.05. The quantitative estimate of drug-likeness (QED) is 0.348. The molecule has 2 atom stereocenters. The second-order valence-corrected chi connectivity index (χ2v) is 11.6. The number of esters is 1. The van der Waals surface area contributed by atoms with Crippen molar-refractivity contribution in [2.45, 2.75) is 43.3 Å². The average molecular weight is 564 g/mol. The number of hydrogen-bond acceptors (Lipinski definition) is 9. The maximum atomic E-state index is 15.7. The van der Waals surface area contributed by atoms with Crippen molar-refractivity contribution in [3.05, 3.63) is 33.9 Å². The molecule has 1 aromatic heterocycles. The van der Waals surface area contributed by atoms with Crippen LogP contribution in [-0.2, 0) is 18.7 Å². The molecule has 1 aromatic carbocycles. The number of methoxy groups -OCH3 is 1. The van der Waals surface area contributed by atoms with Gasteiger partial charge < -0.3 is 29.6 Å². The second kappa shape index (κ2) is 11.0.